The van der Waals surface area contributed by atoms with Crippen LogP contribution in [0.15, 0.2) is 18.2 Å². The van der Waals surface area contributed by atoms with Crippen molar-refractivity contribution in [3.8, 4) is 23.3 Å². The van der Waals surface area contributed by atoms with Gasteiger partial charge in [-0.25, -0.2) is 0 Å². The maximum absolute atomic E-state index is 5.46. The summed E-state index contributed by atoms with van der Waals surface area (Å²) < 4.78 is 10.8. The van der Waals surface area contributed by atoms with E-state index in [0.29, 0.717) is 0 Å². The van der Waals surface area contributed by atoms with Gasteiger partial charge in [-0.05, 0) is 26.5 Å². The van der Waals surface area contributed by atoms with Gasteiger partial charge in [-0.15, -0.1) is 11.8 Å². The Morgan fingerprint density at radius 3 is 2.61 bits per heavy atom. The molecule has 3 nitrogen and oxygen atoms in total. The molecule has 1 aromatic carbocycles. The Morgan fingerprint density at radius 2 is 2.06 bits per heavy atom. The molecule has 0 aliphatic rings. The van der Waals surface area contributed by atoms with E-state index < -0.39 is 0 Å². The molecule has 1 atom stereocenters. The summed E-state index contributed by atoms with van der Waals surface area (Å²) in [6, 6.07) is 6.16. The molecule has 0 bridgehead atoms. The smallest absolute Gasteiger partial charge is 0.165 e. The molecule has 1 aromatic rings. The summed E-state index contributed by atoms with van der Waals surface area (Å²) in [5, 5.41) is 3.30. The highest BCUT2D eigenvalue weighted by Crippen LogP contribution is 2.35. The van der Waals surface area contributed by atoms with Gasteiger partial charge < -0.3 is 14.8 Å². The number of benzene rings is 1. The molecule has 18 heavy (non-hydrogen) atoms. The zero-order chi connectivity index (χ0) is 13.4. The van der Waals surface area contributed by atoms with Crippen LogP contribution < -0.4 is 14.8 Å². The van der Waals surface area contributed by atoms with Crippen molar-refractivity contribution in [2.24, 2.45) is 0 Å². The Hall–Kier alpha value is -1.66. The number of hydrogen-bond donors (Lipinski definition) is 1. The molecule has 0 heterocycles. The third-order valence-electron chi connectivity index (χ3n) is 2.89. The Labute approximate surface area is 109 Å². The van der Waals surface area contributed by atoms with E-state index in [1.54, 1.807) is 14.2 Å². The van der Waals surface area contributed by atoms with E-state index in [1.165, 1.54) is 0 Å². The molecule has 0 radical (unpaired) electrons. The maximum atomic E-state index is 5.46. The van der Waals surface area contributed by atoms with Gasteiger partial charge in [-0.1, -0.05) is 12.1 Å². The van der Waals surface area contributed by atoms with Crippen LogP contribution >= 0.6 is 0 Å². The summed E-state index contributed by atoms with van der Waals surface area (Å²) in [4.78, 5) is 0. The van der Waals surface area contributed by atoms with Crippen molar-refractivity contribution in [2.75, 3.05) is 21.3 Å². The van der Waals surface area contributed by atoms with Gasteiger partial charge in [0.1, 0.15) is 0 Å². The van der Waals surface area contributed by atoms with Crippen molar-refractivity contribution in [2.45, 2.75) is 25.8 Å². The number of methoxy groups -OCH3 is 2. The lowest BCUT2D eigenvalue weighted by Gasteiger charge is -2.20. The average Bonchev–Trinajstić information content (AvgIpc) is 2.42. The summed E-state index contributed by atoms with van der Waals surface area (Å²) in [5.74, 6) is 7.56. The molecule has 98 valence electrons. The summed E-state index contributed by atoms with van der Waals surface area (Å²) in [7, 11) is 5.27. The third-order valence-corrected chi connectivity index (χ3v) is 2.89. The normalized spacial score (nSPS) is 11.3. The fraction of sp³-hybridized carbons (Fsp3) is 0.467. The first-order chi connectivity index (χ1) is 8.78. The SMILES string of the molecule is CC#CCCC(NC)c1cccc(OC)c1OC. The van der Waals surface area contributed by atoms with Gasteiger partial charge in [-0.2, -0.15) is 0 Å². The average molecular weight is 247 g/mol. The summed E-state index contributed by atoms with van der Waals surface area (Å²) in [6.07, 6.45) is 1.81. The number of hydrogen-bond acceptors (Lipinski definition) is 3. The third kappa shape index (κ3) is 3.41. The fourth-order valence-electron chi connectivity index (χ4n) is 1.98. The highest BCUT2D eigenvalue weighted by molar-refractivity contribution is 5.48. The van der Waals surface area contributed by atoms with Gasteiger partial charge >= 0.3 is 0 Å². The molecule has 1 rings (SSSR count). The molecule has 3 heteroatoms. The summed E-state index contributed by atoms with van der Waals surface area (Å²) >= 11 is 0. The quantitative estimate of drug-likeness (QED) is 0.784. The molecular formula is C15H21NO2. The van der Waals surface area contributed by atoms with Crippen LogP contribution in [0.1, 0.15) is 31.4 Å². The first-order valence-corrected chi connectivity index (χ1v) is 6.06. The van der Waals surface area contributed by atoms with Crippen molar-refractivity contribution < 1.29 is 9.47 Å². The Morgan fingerprint density at radius 1 is 1.28 bits per heavy atom. The summed E-state index contributed by atoms with van der Waals surface area (Å²) in [6.45, 7) is 1.86. The minimum Gasteiger partial charge on any atom is -0.493 e. The molecular weight excluding hydrogens is 226 g/mol. The van der Waals surface area contributed by atoms with Crippen molar-refractivity contribution in [1.82, 2.24) is 5.32 Å². The van der Waals surface area contributed by atoms with Gasteiger partial charge in [0, 0.05) is 18.0 Å². The molecule has 0 aromatic heterocycles. The largest absolute Gasteiger partial charge is 0.493 e. The topological polar surface area (TPSA) is 30.5 Å². The monoisotopic (exact) mass is 247 g/mol. The zero-order valence-corrected chi connectivity index (χ0v) is 11.5. The van der Waals surface area contributed by atoms with Gasteiger partial charge in [-0.3, -0.25) is 0 Å². The Kier molecular flexibility index (Phi) is 6.10. The lowest BCUT2D eigenvalue weighted by molar-refractivity contribution is 0.346. The lowest BCUT2D eigenvalue weighted by Crippen LogP contribution is -2.17. The second-order valence-electron chi connectivity index (χ2n) is 3.89. The predicted molar refractivity (Wildman–Crippen MR) is 74.0 cm³/mol. The van der Waals surface area contributed by atoms with E-state index in [1.807, 2.05) is 26.1 Å². The standard InChI is InChI=1S/C15H21NO2/c1-5-6-7-10-13(16-2)12-9-8-11-14(17-3)15(12)18-4/h8-9,11,13,16H,7,10H2,1-4H3. The van der Waals surface area contributed by atoms with Crippen molar-refractivity contribution in [3.05, 3.63) is 23.8 Å². The minimum absolute atomic E-state index is 0.218. The van der Waals surface area contributed by atoms with E-state index in [2.05, 4.69) is 23.2 Å². The predicted octanol–water partition coefficient (Wildman–Crippen LogP) is 2.77. The van der Waals surface area contributed by atoms with E-state index in [9.17, 15) is 0 Å². The molecule has 0 fully saturated rings. The Bertz CT molecular complexity index is 432. The zero-order valence-electron chi connectivity index (χ0n) is 11.5. The van der Waals surface area contributed by atoms with E-state index in [4.69, 9.17) is 9.47 Å². The molecule has 0 saturated carbocycles. The van der Waals surface area contributed by atoms with Crippen molar-refractivity contribution >= 4 is 0 Å². The first-order valence-electron chi connectivity index (χ1n) is 6.06. The van der Waals surface area contributed by atoms with Gasteiger partial charge in [0.2, 0.25) is 0 Å². The lowest BCUT2D eigenvalue weighted by atomic mass is 10.0. The number of para-hydroxylation sites is 1. The molecule has 1 N–H and O–H groups in total. The van der Waals surface area contributed by atoms with Crippen LogP contribution in [-0.4, -0.2) is 21.3 Å². The number of rotatable bonds is 6. The van der Waals surface area contributed by atoms with Crippen molar-refractivity contribution in [3.63, 3.8) is 0 Å². The van der Waals surface area contributed by atoms with Crippen LogP contribution in [0.2, 0.25) is 0 Å². The molecule has 0 aliphatic carbocycles. The van der Waals surface area contributed by atoms with Crippen LogP contribution in [0, 0.1) is 11.8 Å². The molecule has 0 saturated heterocycles. The van der Waals surface area contributed by atoms with Gasteiger partial charge in [0.15, 0.2) is 11.5 Å². The summed E-state index contributed by atoms with van der Waals surface area (Å²) in [5.41, 5.74) is 1.11. The highest BCUT2D eigenvalue weighted by atomic mass is 16.5. The Balaban J connectivity index is 2.99. The fourth-order valence-corrected chi connectivity index (χ4v) is 1.98. The van der Waals surface area contributed by atoms with Gasteiger partial charge in [0.25, 0.3) is 0 Å². The van der Waals surface area contributed by atoms with E-state index >= 15 is 0 Å². The van der Waals surface area contributed by atoms with Crippen LogP contribution in [0.4, 0.5) is 0 Å². The molecule has 0 aliphatic heterocycles. The van der Waals surface area contributed by atoms with Crippen LogP contribution in [0.25, 0.3) is 0 Å². The second-order valence-corrected chi connectivity index (χ2v) is 3.89. The van der Waals surface area contributed by atoms with Crippen molar-refractivity contribution in [1.29, 1.82) is 0 Å². The van der Waals surface area contributed by atoms with Gasteiger partial charge in [0.05, 0.1) is 14.2 Å². The molecule has 1 unspecified atom stereocenters. The number of ether oxygens (including phenoxy) is 2. The number of nitrogens with one attached hydrogen (secondary N) is 1. The van der Waals surface area contributed by atoms with E-state index in [-0.39, 0.29) is 6.04 Å². The maximum Gasteiger partial charge on any atom is 0.165 e. The first kappa shape index (κ1) is 14.4. The van der Waals surface area contributed by atoms with Crippen LogP contribution in [-0.2, 0) is 0 Å². The second kappa shape index (κ2) is 7.62. The molecule has 0 amide bonds. The molecule has 0 spiro atoms. The highest BCUT2D eigenvalue weighted by Gasteiger charge is 2.16. The van der Waals surface area contributed by atoms with E-state index in [0.717, 1.165) is 29.9 Å². The van der Waals surface area contributed by atoms with Crippen LogP contribution in [0.5, 0.6) is 11.5 Å². The minimum atomic E-state index is 0.218. The van der Waals surface area contributed by atoms with Crippen LogP contribution in [0.3, 0.4) is 0 Å².